The molecule has 2 heterocycles. The molecular weight excluding hydrogens is 356 g/mol. The van der Waals surface area contributed by atoms with Crippen LogP contribution in [0.25, 0.3) is 0 Å². The van der Waals surface area contributed by atoms with Crippen molar-refractivity contribution >= 4 is 17.7 Å². The lowest BCUT2D eigenvalue weighted by molar-refractivity contribution is -0.156. The predicted octanol–water partition coefficient (Wildman–Crippen LogP) is 0.954. The summed E-state index contributed by atoms with van der Waals surface area (Å²) in [5.74, 6) is -0.885. The second-order valence-electron chi connectivity index (χ2n) is 6.92. The third-order valence-corrected chi connectivity index (χ3v) is 4.64. The summed E-state index contributed by atoms with van der Waals surface area (Å²) in [5.41, 5.74) is 1.92. The number of piperazine rings is 1. The molecule has 1 aliphatic rings. The first-order valence-corrected chi connectivity index (χ1v) is 9.26. The van der Waals surface area contributed by atoms with Crippen LogP contribution < -0.4 is 0 Å². The number of nitrogens with zero attached hydrogens (tertiary/aromatic N) is 4. The van der Waals surface area contributed by atoms with E-state index in [1.807, 2.05) is 60.5 Å². The summed E-state index contributed by atoms with van der Waals surface area (Å²) in [4.78, 5) is 46.0. The highest BCUT2D eigenvalue weighted by molar-refractivity contribution is 6.02. The molecular formula is C21H24N4O3. The zero-order chi connectivity index (χ0) is 19.9. The van der Waals surface area contributed by atoms with Crippen LogP contribution >= 0.6 is 0 Å². The molecule has 0 saturated carbocycles. The number of amides is 3. The lowest BCUT2D eigenvalue weighted by Crippen LogP contribution is -2.57. The molecule has 0 bridgehead atoms. The molecule has 146 valence electrons. The Morgan fingerprint density at radius 3 is 2.36 bits per heavy atom. The van der Waals surface area contributed by atoms with Crippen molar-refractivity contribution in [2.24, 2.45) is 0 Å². The molecule has 1 aliphatic heterocycles. The second kappa shape index (κ2) is 9.23. The molecule has 7 nitrogen and oxygen atoms in total. The average Bonchev–Trinajstić information content (AvgIpc) is 2.68. The highest BCUT2D eigenvalue weighted by Gasteiger charge is 2.33. The highest BCUT2D eigenvalue weighted by atomic mass is 16.2. The molecule has 0 atom stereocenters. The SMILES string of the molecule is CN(CC(=O)N1CC(=O)N(CCc2ccccc2)C(=O)C1)Cc1ccccn1. The summed E-state index contributed by atoms with van der Waals surface area (Å²) in [5, 5.41) is 0. The zero-order valence-corrected chi connectivity index (χ0v) is 16.0. The Labute approximate surface area is 164 Å². The van der Waals surface area contributed by atoms with Gasteiger partial charge >= 0.3 is 0 Å². The van der Waals surface area contributed by atoms with Gasteiger partial charge in [0.05, 0.1) is 12.2 Å². The summed E-state index contributed by atoms with van der Waals surface area (Å²) in [6.07, 6.45) is 2.32. The van der Waals surface area contributed by atoms with E-state index in [1.165, 1.54) is 9.80 Å². The molecule has 1 saturated heterocycles. The molecule has 1 aromatic carbocycles. The number of carbonyl (C=O) groups excluding carboxylic acids is 3. The minimum Gasteiger partial charge on any atom is -0.323 e. The minimum atomic E-state index is -0.326. The van der Waals surface area contributed by atoms with Crippen molar-refractivity contribution in [3.05, 3.63) is 66.0 Å². The fourth-order valence-electron chi connectivity index (χ4n) is 3.16. The van der Waals surface area contributed by atoms with Crippen molar-refractivity contribution in [3.63, 3.8) is 0 Å². The van der Waals surface area contributed by atoms with Crippen LogP contribution in [0.1, 0.15) is 11.3 Å². The summed E-state index contributed by atoms with van der Waals surface area (Å²) >= 11 is 0. The number of imide groups is 1. The van der Waals surface area contributed by atoms with Crippen LogP contribution in [0.5, 0.6) is 0 Å². The Hall–Kier alpha value is -3.06. The van der Waals surface area contributed by atoms with Crippen LogP contribution in [0.15, 0.2) is 54.7 Å². The summed E-state index contributed by atoms with van der Waals surface area (Å²) in [6.45, 7) is 0.865. The maximum absolute atomic E-state index is 12.5. The summed E-state index contributed by atoms with van der Waals surface area (Å²) in [7, 11) is 1.81. The van der Waals surface area contributed by atoms with Crippen molar-refractivity contribution in [2.75, 3.05) is 33.2 Å². The number of hydrogen-bond acceptors (Lipinski definition) is 5. The Balaban J connectivity index is 1.50. The largest absolute Gasteiger partial charge is 0.323 e. The second-order valence-corrected chi connectivity index (χ2v) is 6.92. The molecule has 2 aromatic rings. The van der Waals surface area contributed by atoms with Gasteiger partial charge in [-0.1, -0.05) is 36.4 Å². The molecule has 0 aliphatic carbocycles. The van der Waals surface area contributed by atoms with Gasteiger partial charge in [-0.3, -0.25) is 29.2 Å². The lowest BCUT2D eigenvalue weighted by Gasteiger charge is -2.33. The zero-order valence-electron chi connectivity index (χ0n) is 16.0. The number of hydrogen-bond donors (Lipinski definition) is 0. The molecule has 1 aromatic heterocycles. The highest BCUT2D eigenvalue weighted by Crippen LogP contribution is 2.09. The normalized spacial score (nSPS) is 14.6. The first-order valence-electron chi connectivity index (χ1n) is 9.26. The van der Waals surface area contributed by atoms with E-state index in [-0.39, 0.29) is 37.4 Å². The number of rotatable bonds is 7. The van der Waals surface area contributed by atoms with E-state index in [4.69, 9.17) is 0 Å². The number of aromatic nitrogens is 1. The molecule has 3 amide bonds. The molecule has 0 radical (unpaired) electrons. The van der Waals surface area contributed by atoms with Gasteiger partial charge in [0.25, 0.3) is 0 Å². The van der Waals surface area contributed by atoms with Gasteiger partial charge in [-0.25, -0.2) is 0 Å². The summed E-state index contributed by atoms with van der Waals surface area (Å²) in [6, 6.07) is 15.3. The van der Waals surface area contributed by atoms with Crippen LogP contribution in [0, 0.1) is 0 Å². The van der Waals surface area contributed by atoms with Gasteiger partial charge in [0.2, 0.25) is 17.7 Å². The minimum absolute atomic E-state index is 0.0587. The van der Waals surface area contributed by atoms with E-state index >= 15 is 0 Å². The van der Waals surface area contributed by atoms with Crippen molar-refractivity contribution in [1.82, 2.24) is 19.7 Å². The third-order valence-electron chi connectivity index (χ3n) is 4.64. The van der Waals surface area contributed by atoms with Crippen LogP contribution in [0.4, 0.5) is 0 Å². The van der Waals surface area contributed by atoms with Crippen molar-refractivity contribution in [3.8, 4) is 0 Å². The van der Waals surface area contributed by atoms with Gasteiger partial charge in [0, 0.05) is 19.3 Å². The fourth-order valence-corrected chi connectivity index (χ4v) is 3.16. The average molecular weight is 380 g/mol. The predicted molar refractivity (Wildman–Crippen MR) is 104 cm³/mol. The van der Waals surface area contributed by atoms with Crippen LogP contribution in [0.2, 0.25) is 0 Å². The Bertz CT molecular complexity index is 808. The maximum Gasteiger partial charge on any atom is 0.248 e. The smallest absolute Gasteiger partial charge is 0.248 e. The number of likely N-dealkylation sites (N-methyl/N-ethyl adjacent to an activating group) is 1. The van der Waals surface area contributed by atoms with Gasteiger partial charge in [-0.15, -0.1) is 0 Å². The first kappa shape index (κ1) is 19.7. The standard InChI is InChI=1S/C21H24N4O3/c1-23(13-18-9-5-6-11-22-18)14-19(26)24-15-20(27)25(21(28)16-24)12-10-17-7-3-2-4-8-17/h2-9,11H,10,12-16H2,1H3. The van der Waals surface area contributed by atoms with Gasteiger partial charge in [-0.2, -0.15) is 0 Å². The molecule has 0 spiro atoms. The van der Waals surface area contributed by atoms with E-state index in [1.54, 1.807) is 6.20 Å². The maximum atomic E-state index is 12.5. The molecule has 3 rings (SSSR count). The fraction of sp³-hybridized carbons (Fsp3) is 0.333. The van der Waals surface area contributed by atoms with E-state index in [2.05, 4.69) is 4.98 Å². The van der Waals surface area contributed by atoms with Gasteiger partial charge < -0.3 is 4.90 Å². The van der Waals surface area contributed by atoms with Crippen LogP contribution in [0.3, 0.4) is 0 Å². The van der Waals surface area contributed by atoms with Crippen LogP contribution in [-0.2, 0) is 27.3 Å². The topological polar surface area (TPSA) is 73.8 Å². The van der Waals surface area contributed by atoms with Gasteiger partial charge in [0.1, 0.15) is 13.1 Å². The molecule has 0 unspecified atom stereocenters. The Morgan fingerprint density at radius 2 is 1.71 bits per heavy atom. The Kier molecular flexibility index (Phi) is 6.49. The molecule has 0 N–H and O–H groups in total. The van der Waals surface area contributed by atoms with Crippen molar-refractivity contribution < 1.29 is 14.4 Å². The lowest BCUT2D eigenvalue weighted by atomic mass is 10.1. The monoisotopic (exact) mass is 380 g/mol. The van der Waals surface area contributed by atoms with Crippen LogP contribution in [-0.4, -0.2) is 70.6 Å². The van der Waals surface area contributed by atoms with Crippen molar-refractivity contribution in [2.45, 2.75) is 13.0 Å². The third kappa shape index (κ3) is 5.23. The quantitative estimate of drug-likeness (QED) is 0.669. The first-order chi connectivity index (χ1) is 13.5. The summed E-state index contributed by atoms with van der Waals surface area (Å²) < 4.78 is 0. The Morgan fingerprint density at radius 1 is 1.04 bits per heavy atom. The van der Waals surface area contributed by atoms with E-state index in [0.29, 0.717) is 19.5 Å². The number of carbonyl (C=O) groups is 3. The van der Waals surface area contributed by atoms with Gasteiger partial charge in [-0.05, 0) is 31.2 Å². The van der Waals surface area contributed by atoms with E-state index < -0.39 is 0 Å². The molecule has 7 heteroatoms. The van der Waals surface area contributed by atoms with E-state index in [0.717, 1.165) is 11.3 Å². The number of benzene rings is 1. The number of pyridine rings is 1. The molecule has 28 heavy (non-hydrogen) atoms. The molecule has 1 fully saturated rings. The van der Waals surface area contributed by atoms with E-state index in [9.17, 15) is 14.4 Å². The van der Waals surface area contributed by atoms with Gasteiger partial charge in [0.15, 0.2) is 0 Å². The van der Waals surface area contributed by atoms with Crippen molar-refractivity contribution in [1.29, 1.82) is 0 Å².